The Labute approximate surface area is 175 Å². The van der Waals surface area contributed by atoms with Crippen molar-refractivity contribution in [2.75, 3.05) is 38.2 Å². The number of fused-ring (bicyclic) bond motifs is 1. The van der Waals surface area contributed by atoms with Crippen LogP contribution in [-0.4, -0.2) is 62.3 Å². The molecule has 1 saturated heterocycles. The van der Waals surface area contributed by atoms with Gasteiger partial charge in [0.25, 0.3) is 0 Å². The fourth-order valence-electron chi connectivity index (χ4n) is 4.09. The minimum Gasteiger partial charge on any atom is -0.496 e. The molecular formula is C22H25N7O. The van der Waals surface area contributed by atoms with Crippen LogP contribution >= 0.6 is 0 Å². The van der Waals surface area contributed by atoms with Gasteiger partial charge < -0.3 is 9.64 Å². The summed E-state index contributed by atoms with van der Waals surface area (Å²) < 4.78 is 9.40. The van der Waals surface area contributed by atoms with Crippen LogP contribution < -0.4 is 9.64 Å². The molecule has 0 unspecified atom stereocenters. The smallest absolute Gasteiger partial charge is 0.180 e. The van der Waals surface area contributed by atoms with E-state index in [4.69, 9.17) is 4.74 Å². The van der Waals surface area contributed by atoms with Crippen molar-refractivity contribution in [3.63, 3.8) is 0 Å². The number of imidazole rings is 1. The summed E-state index contributed by atoms with van der Waals surface area (Å²) in [6.45, 7) is 4.66. The highest BCUT2D eigenvalue weighted by Crippen LogP contribution is 2.26. The summed E-state index contributed by atoms with van der Waals surface area (Å²) >= 11 is 0. The number of rotatable bonds is 5. The van der Waals surface area contributed by atoms with Crippen LogP contribution in [0.5, 0.6) is 5.75 Å². The number of para-hydroxylation sites is 1. The number of ether oxygens (including phenoxy) is 1. The maximum Gasteiger partial charge on any atom is 0.180 e. The number of benzene rings is 1. The normalized spacial score (nSPS) is 15.1. The summed E-state index contributed by atoms with van der Waals surface area (Å²) in [5.41, 5.74) is 4.18. The summed E-state index contributed by atoms with van der Waals surface area (Å²) in [6.07, 6.45) is 9.58. The average molecular weight is 403 g/mol. The molecule has 1 fully saturated rings. The fraction of sp³-hybridized carbons (Fsp3) is 0.318. The standard InChI is InChI=1S/C22H25N7O/c1-26-15-18(13-25-26)19-14-24-22-21(23-7-8-29(19)22)28-11-9-27(10-12-28)16-17-5-3-4-6-20(17)30-2/h3-8,13-15H,9-12,16H2,1-2H3. The van der Waals surface area contributed by atoms with Gasteiger partial charge in [0.15, 0.2) is 11.5 Å². The molecule has 1 aliphatic rings. The fourth-order valence-corrected chi connectivity index (χ4v) is 4.09. The van der Waals surface area contributed by atoms with Crippen molar-refractivity contribution in [2.45, 2.75) is 6.54 Å². The molecule has 0 N–H and O–H groups in total. The third-order valence-electron chi connectivity index (χ3n) is 5.67. The first-order valence-corrected chi connectivity index (χ1v) is 10.1. The topological polar surface area (TPSA) is 63.7 Å². The molecule has 0 amide bonds. The van der Waals surface area contributed by atoms with Gasteiger partial charge in [-0.3, -0.25) is 14.0 Å². The van der Waals surface area contributed by atoms with Gasteiger partial charge in [-0.1, -0.05) is 18.2 Å². The third-order valence-corrected chi connectivity index (χ3v) is 5.67. The molecule has 0 atom stereocenters. The largest absolute Gasteiger partial charge is 0.496 e. The van der Waals surface area contributed by atoms with Gasteiger partial charge in [-0.05, 0) is 6.07 Å². The number of aromatic nitrogens is 5. The lowest BCUT2D eigenvalue weighted by molar-refractivity contribution is 0.245. The second kappa shape index (κ2) is 7.79. The first-order valence-electron chi connectivity index (χ1n) is 10.1. The Morgan fingerprint density at radius 3 is 2.63 bits per heavy atom. The summed E-state index contributed by atoms with van der Waals surface area (Å²) in [5, 5.41) is 4.28. The lowest BCUT2D eigenvalue weighted by Gasteiger charge is -2.35. The van der Waals surface area contributed by atoms with Crippen molar-refractivity contribution in [2.24, 2.45) is 7.05 Å². The van der Waals surface area contributed by atoms with Crippen LogP contribution in [0.4, 0.5) is 5.82 Å². The van der Waals surface area contributed by atoms with Gasteiger partial charge in [-0.15, -0.1) is 0 Å². The molecule has 8 nitrogen and oxygen atoms in total. The predicted octanol–water partition coefficient (Wildman–Crippen LogP) is 2.46. The van der Waals surface area contributed by atoms with Crippen molar-refractivity contribution >= 4 is 11.5 Å². The third kappa shape index (κ3) is 3.39. The van der Waals surface area contributed by atoms with E-state index >= 15 is 0 Å². The lowest BCUT2D eigenvalue weighted by Crippen LogP contribution is -2.46. The first kappa shape index (κ1) is 18.6. The van der Waals surface area contributed by atoms with Crippen LogP contribution in [0.25, 0.3) is 16.9 Å². The number of anilines is 1. The molecule has 1 aliphatic heterocycles. The Morgan fingerprint density at radius 1 is 1.03 bits per heavy atom. The molecule has 30 heavy (non-hydrogen) atoms. The van der Waals surface area contributed by atoms with Crippen LogP contribution in [-0.2, 0) is 13.6 Å². The van der Waals surface area contributed by atoms with Gasteiger partial charge in [0.1, 0.15) is 5.75 Å². The minimum absolute atomic E-state index is 0.884. The zero-order valence-corrected chi connectivity index (χ0v) is 17.3. The molecule has 0 aliphatic carbocycles. The van der Waals surface area contributed by atoms with E-state index in [9.17, 15) is 0 Å². The van der Waals surface area contributed by atoms with Gasteiger partial charge >= 0.3 is 0 Å². The monoisotopic (exact) mass is 403 g/mol. The van der Waals surface area contributed by atoms with Crippen LogP contribution in [0.15, 0.2) is 55.2 Å². The molecular weight excluding hydrogens is 378 g/mol. The molecule has 8 heteroatoms. The van der Waals surface area contributed by atoms with E-state index in [0.717, 1.165) is 61.2 Å². The molecule has 154 valence electrons. The van der Waals surface area contributed by atoms with E-state index < -0.39 is 0 Å². The van der Waals surface area contributed by atoms with Crippen LogP contribution in [0.2, 0.25) is 0 Å². The molecule has 0 radical (unpaired) electrons. The van der Waals surface area contributed by atoms with E-state index in [0.29, 0.717) is 0 Å². The van der Waals surface area contributed by atoms with Crippen LogP contribution in [0.3, 0.4) is 0 Å². The van der Waals surface area contributed by atoms with Gasteiger partial charge in [0.05, 0.1) is 25.2 Å². The maximum absolute atomic E-state index is 5.50. The van der Waals surface area contributed by atoms with Gasteiger partial charge in [-0.25, -0.2) is 9.97 Å². The van der Waals surface area contributed by atoms with Crippen molar-refractivity contribution in [3.8, 4) is 17.0 Å². The van der Waals surface area contributed by atoms with Crippen LogP contribution in [0, 0.1) is 0 Å². The highest BCUT2D eigenvalue weighted by molar-refractivity contribution is 5.70. The molecule has 0 bridgehead atoms. The molecule has 4 heterocycles. The quantitative estimate of drug-likeness (QED) is 0.510. The summed E-state index contributed by atoms with van der Waals surface area (Å²) in [7, 11) is 3.65. The van der Waals surface area contributed by atoms with Gasteiger partial charge in [-0.2, -0.15) is 5.10 Å². The second-order valence-electron chi connectivity index (χ2n) is 7.57. The molecule has 4 aromatic rings. The SMILES string of the molecule is COc1ccccc1CN1CCN(c2nccn3c(-c4cnn(C)c4)cnc23)CC1. The van der Waals surface area contributed by atoms with Crippen molar-refractivity contribution in [1.29, 1.82) is 0 Å². The zero-order chi connectivity index (χ0) is 20.5. The zero-order valence-electron chi connectivity index (χ0n) is 17.3. The lowest BCUT2D eigenvalue weighted by atomic mass is 10.1. The summed E-state index contributed by atoms with van der Waals surface area (Å²) in [4.78, 5) is 14.1. The van der Waals surface area contributed by atoms with E-state index in [-0.39, 0.29) is 0 Å². The maximum atomic E-state index is 5.50. The molecule has 3 aromatic heterocycles. The minimum atomic E-state index is 0.884. The molecule has 1 aromatic carbocycles. The van der Waals surface area contributed by atoms with Gasteiger partial charge in [0.2, 0.25) is 0 Å². The van der Waals surface area contributed by atoms with E-state index in [2.05, 4.69) is 41.4 Å². The van der Waals surface area contributed by atoms with Crippen molar-refractivity contribution in [3.05, 3.63) is 60.8 Å². The predicted molar refractivity (Wildman–Crippen MR) is 116 cm³/mol. The molecule has 5 rings (SSSR count). The number of hydrogen-bond acceptors (Lipinski definition) is 6. The average Bonchev–Trinajstić information content (AvgIpc) is 3.40. The first-order chi connectivity index (χ1) is 14.7. The molecule has 0 spiro atoms. The number of piperazine rings is 1. The van der Waals surface area contributed by atoms with Crippen molar-refractivity contribution in [1.82, 2.24) is 29.0 Å². The highest BCUT2D eigenvalue weighted by atomic mass is 16.5. The molecule has 0 saturated carbocycles. The number of methoxy groups -OCH3 is 1. The van der Waals surface area contributed by atoms with E-state index in [1.807, 2.05) is 50.2 Å². The number of aryl methyl sites for hydroxylation is 1. The Balaban J connectivity index is 1.33. The highest BCUT2D eigenvalue weighted by Gasteiger charge is 2.22. The van der Waals surface area contributed by atoms with E-state index in [1.54, 1.807) is 11.8 Å². The summed E-state index contributed by atoms with van der Waals surface area (Å²) in [5.74, 6) is 1.89. The number of nitrogens with zero attached hydrogens (tertiary/aromatic N) is 7. The Kier molecular flexibility index (Phi) is 4.84. The Bertz CT molecular complexity index is 1160. The van der Waals surface area contributed by atoms with E-state index in [1.165, 1.54) is 5.56 Å². The van der Waals surface area contributed by atoms with Gasteiger partial charge in [0, 0.05) is 69.5 Å². The van der Waals surface area contributed by atoms with Crippen LogP contribution in [0.1, 0.15) is 5.56 Å². The Morgan fingerprint density at radius 2 is 1.87 bits per heavy atom. The number of hydrogen-bond donors (Lipinski definition) is 0. The summed E-state index contributed by atoms with van der Waals surface area (Å²) in [6, 6.07) is 8.24. The second-order valence-corrected chi connectivity index (χ2v) is 7.57. The Hall–Kier alpha value is -3.39. The van der Waals surface area contributed by atoms with Crippen molar-refractivity contribution < 1.29 is 4.74 Å².